The Morgan fingerprint density at radius 3 is 1.88 bits per heavy atom. The average molecular weight is 449 g/mol. The molecule has 0 fully saturated rings. The van der Waals surface area contributed by atoms with Crippen LogP contribution in [0, 0.1) is 0 Å². The van der Waals surface area contributed by atoms with Gasteiger partial charge in [-0.05, 0) is 46.5 Å². The maximum Gasteiger partial charge on any atom is 0.308 e. The standard InChI is InChI=1S/C30H24O4/c1-20(31)34-25-18-14-23(15-19-25)30(22-12-16-24(33-2)17-13-22)27-11-7-6-10-26(27)29(32)28(30)21-8-4-3-5-9-21/h3-19,28H,1-2H3. The number of fused-ring (bicyclic) bond motifs is 1. The van der Waals surface area contributed by atoms with Gasteiger partial charge in [-0.25, -0.2) is 0 Å². The quantitative estimate of drug-likeness (QED) is 0.280. The number of benzene rings is 4. The van der Waals surface area contributed by atoms with Crippen molar-refractivity contribution in [2.45, 2.75) is 18.3 Å². The first-order valence-corrected chi connectivity index (χ1v) is 11.2. The van der Waals surface area contributed by atoms with Gasteiger partial charge in [0.2, 0.25) is 0 Å². The topological polar surface area (TPSA) is 52.6 Å². The Morgan fingerprint density at radius 1 is 0.735 bits per heavy atom. The third kappa shape index (κ3) is 3.39. The highest BCUT2D eigenvalue weighted by Crippen LogP contribution is 2.56. The SMILES string of the molecule is COc1ccc(C2(c3ccc(OC(C)=O)cc3)c3ccccc3C(=O)C2c2ccccc2)cc1. The Hall–Kier alpha value is -4.18. The van der Waals surface area contributed by atoms with Crippen LogP contribution >= 0.6 is 0 Å². The first kappa shape index (κ1) is 21.7. The lowest BCUT2D eigenvalue weighted by Crippen LogP contribution is -2.35. The number of Topliss-reactive ketones (excluding diaryl/α,β-unsaturated/α-hetero) is 1. The number of rotatable bonds is 5. The van der Waals surface area contributed by atoms with Crippen molar-refractivity contribution in [2.75, 3.05) is 7.11 Å². The zero-order valence-corrected chi connectivity index (χ0v) is 19.0. The van der Waals surface area contributed by atoms with Crippen molar-refractivity contribution in [2.24, 2.45) is 0 Å². The number of ketones is 1. The summed E-state index contributed by atoms with van der Waals surface area (Å²) in [5.74, 6) is 0.467. The zero-order valence-electron chi connectivity index (χ0n) is 19.0. The highest BCUT2D eigenvalue weighted by Gasteiger charge is 2.54. The molecular formula is C30H24O4. The molecule has 0 spiro atoms. The van der Waals surface area contributed by atoms with Gasteiger partial charge in [0.15, 0.2) is 5.78 Å². The molecule has 0 amide bonds. The van der Waals surface area contributed by atoms with Gasteiger partial charge in [-0.15, -0.1) is 0 Å². The van der Waals surface area contributed by atoms with E-state index >= 15 is 0 Å². The Bertz CT molecular complexity index is 1340. The lowest BCUT2D eigenvalue weighted by molar-refractivity contribution is -0.131. The van der Waals surface area contributed by atoms with Gasteiger partial charge in [-0.3, -0.25) is 9.59 Å². The molecule has 0 saturated heterocycles. The first-order valence-electron chi connectivity index (χ1n) is 11.2. The highest BCUT2D eigenvalue weighted by molar-refractivity contribution is 6.09. The molecule has 34 heavy (non-hydrogen) atoms. The summed E-state index contributed by atoms with van der Waals surface area (Å²) >= 11 is 0. The monoisotopic (exact) mass is 448 g/mol. The van der Waals surface area contributed by atoms with Crippen molar-refractivity contribution in [3.8, 4) is 11.5 Å². The third-order valence-electron chi connectivity index (χ3n) is 6.56. The normalized spacial score (nSPS) is 18.9. The molecule has 0 aliphatic heterocycles. The number of hydrogen-bond donors (Lipinski definition) is 0. The van der Waals surface area contributed by atoms with Gasteiger partial charge in [0.05, 0.1) is 18.4 Å². The van der Waals surface area contributed by atoms with Crippen LogP contribution in [0.25, 0.3) is 0 Å². The minimum absolute atomic E-state index is 0.0849. The van der Waals surface area contributed by atoms with Crippen molar-refractivity contribution < 1.29 is 19.1 Å². The van der Waals surface area contributed by atoms with Crippen molar-refractivity contribution >= 4 is 11.8 Å². The van der Waals surface area contributed by atoms with Crippen molar-refractivity contribution in [3.63, 3.8) is 0 Å². The fraction of sp³-hybridized carbons (Fsp3) is 0.133. The van der Waals surface area contributed by atoms with Crippen molar-refractivity contribution in [3.05, 3.63) is 131 Å². The maximum absolute atomic E-state index is 14.0. The summed E-state index contributed by atoms with van der Waals surface area (Å²) in [6.07, 6.45) is 0. The molecule has 1 aliphatic carbocycles. The van der Waals surface area contributed by atoms with Crippen LogP contribution in [0.4, 0.5) is 0 Å². The Labute approximate surface area is 198 Å². The number of methoxy groups -OCH3 is 1. The smallest absolute Gasteiger partial charge is 0.308 e. The van der Waals surface area contributed by atoms with Gasteiger partial charge in [-0.1, -0.05) is 78.9 Å². The predicted octanol–water partition coefficient (Wildman–Crippen LogP) is 5.94. The van der Waals surface area contributed by atoms with Gasteiger partial charge < -0.3 is 9.47 Å². The molecule has 1 aliphatic rings. The van der Waals surface area contributed by atoms with E-state index in [1.807, 2.05) is 91.0 Å². The van der Waals surface area contributed by atoms with E-state index in [1.165, 1.54) is 6.92 Å². The summed E-state index contributed by atoms with van der Waals surface area (Å²) in [5, 5.41) is 0. The molecule has 5 rings (SSSR count). The van der Waals surface area contributed by atoms with E-state index in [2.05, 4.69) is 0 Å². The molecule has 4 heteroatoms. The van der Waals surface area contributed by atoms with Crippen LogP contribution < -0.4 is 9.47 Å². The number of hydrogen-bond acceptors (Lipinski definition) is 4. The van der Waals surface area contributed by atoms with Crippen molar-refractivity contribution in [1.82, 2.24) is 0 Å². The minimum Gasteiger partial charge on any atom is -0.497 e. The largest absolute Gasteiger partial charge is 0.497 e. The summed E-state index contributed by atoms with van der Waals surface area (Å²) < 4.78 is 10.7. The van der Waals surface area contributed by atoms with Gasteiger partial charge in [0, 0.05) is 12.5 Å². The molecule has 0 heterocycles. The van der Waals surface area contributed by atoms with Crippen LogP contribution in [0.1, 0.15) is 45.5 Å². The lowest BCUT2D eigenvalue weighted by Gasteiger charge is -2.37. The number of carbonyl (C=O) groups excluding carboxylic acids is 2. The summed E-state index contributed by atoms with van der Waals surface area (Å²) in [6, 6.07) is 33.2. The van der Waals surface area contributed by atoms with E-state index in [1.54, 1.807) is 19.2 Å². The lowest BCUT2D eigenvalue weighted by atomic mass is 9.63. The molecule has 4 nitrogen and oxygen atoms in total. The molecule has 0 N–H and O–H groups in total. The highest BCUT2D eigenvalue weighted by atomic mass is 16.5. The summed E-state index contributed by atoms with van der Waals surface area (Å²) in [5.41, 5.74) is 3.79. The molecule has 2 atom stereocenters. The molecule has 0 radical (unpaired) electrons. The zero-order chi connectivity index (χ0) is 23.7. The molecule has 0 aromatic heterocycles. The van der Waals surface area contributed by atoms with Crippen LogP contribution in [0.3, 0.4) is 0 Å². The number of ether oxygens (including phenoxy) is 2. The van der Waals surface area contributed by atoms with E-state index in [4.69, 9.17) is 9.47 Å². The Balaban J connectivity index is 1.83. The number of carbonyl (C=O) groups is 2. The molecule has 0 saturated carbocycles. The van der Waals surface area contributed by atoms with Crippen LogP contribution in [0.2, 0.25) is 0 Å². The molecule has 2 unspecified atom stereocenters. The third-order valence-corrected chi connectivity index (χ3v) is 6.56. The summed E-state index contributed by atoms with van der Waals surface area (Å²) in [4.78, 5) is 25.5. The molecule has 0 bridgehead atoms. The van der Waals surface area contributed by atoms with E-state index in [0.717, 1.165) is 33.6 Å². The van der Waals surface area contributed by atoms with Crippen LogP contribution in [-0.4, -0.2) is 18.9 Å². The second-order valence-electron chi connectivity index (χ2n) is 8.41. The van der Waals surface area contributed by atoms with Crippen LogP contribution in [0.15, 0.2) is 103 Å². The van der Waals surface area contributed by atoms with Gasteiger partial charge in [-0.2, -0.15) is 0 Å². The van der Waals surface area contributed by atoms with Gasteiger partial charge >= 0.3 is 5.97 Å². The van der Waals surface area contributed by atoms with E-state index in [0.29, 0.717) is 5.75 Å². The second-order valence-corrected chi connectivity index (χ2v) is 8.41. The summed E-state index contributed by atoms with van der Waals surface area (Å²) in [7, 11) is 1.64. The molecular weight excluding hydrogens is 424 g/mol. The molecule has 4 aromatic carbocycles. The van der Waals surface area contributed by atoms with Crippen LogP contribution in [0.5, 0.6) is 11.5 Å². The predicted molar refractivity (Wildman–Crippen MR) is 131 cm³/mol. The molecule has 4 aromatic rings. The van der Waals surface area contributed by atoms with E-state index in [9.17, 15) is 9.59 Å². The number of esters is 1. The minimum atomic E-state index is -0.768. The average Bonchev–Trinajstić information content (AvgIpc) is 3.14. The Kier molecular flexibility index (Phi) is 5.50. The van der Waals surface area contributed by atoms with Crippen molar-refractivity contribution in [1.29, 1.82) is 0 Å². The fourth-order valence-electron chi connectivity index (χ4n) is 5.21. The maximum atomic E-state index is 14.0. The van der Waals surface area contributed by atoms with Gasteiger partial charge in [0.1, 0.15) is 11.5 Å². The molecule has 168 valence electrons. The van der Waals surface area contributed by atoms with E-state index in [-0.39, 0.29) is 11.8 Å². The summed E-state index contributed by atoms with van der Waals surface area (Å²) in [6.45, 7) is 1.38. The van der Waals surface area contributed by atoms with Gasteiger partial charge in [0.25, 0.3) is 0 Å². The van der Waals surface area contributed by atoms with Crippen LogP contribution in [-0.2, 0) is 10.2 Å². The second kappa shape index (κ2) is 8.64. The Morgan fingerprint density at radius 2 is 1.29 bits per heavy atom. The first-order chi connectivity index (χ1) is 16.6. The fourth-order valence-corrected chi connectivity index (χ4v) is 5.21. The van der Waals surface area contributed by atoms with E-state index < -0.39 is 11.3 Å².